The Morgan fingerprint density at radius 3 is 2.86 bits per heavy atom. The van der Waals surface area contributed by atoms with Crippen molar-refractivity contribution in [2.45, 2.75) is 30.1 Å². The van der Waals surface area contributed by atoms with Gasteiger partial charge in [-0.05, 0) is 35.4 Å². The van der Waals surface area contributed by atoms with E-state index in [0.29, 0.717) is 17.0 Å². The summed E-state index contributed by atoms with van der Waals surface area (Å²) >= 11 is 1.34. The van der Waals surface area contributed by atoms with E-state index in [2.05, 4.69) is 20.8 Å². The van der Waals surface area contributed by atoms with Crippen molar-refractivity contribution in [3.63, 3.8) is 0 Å². The number of carboxylic acids is 1. The van der Waals surface area contributed by atoms with Crippen LogP contribution in [0.25, 0.3) is 5.69 Å². The van der Waals surface area contributed by atoms with Crippen LogP contribution in [0.5, 0.6) is 0 Å². The quantitative estimate of drug-likeness (QED) is 0.736. The lowest BCUT2D eigenvalue weighted by Crippen LogP contribution is -2.40. The molecule has 1 heterocycles. The molecule has 0 saturated heterocycles. The van der Waals surface area contributed by atoms with E-state index in [4.69, 9.17) is 0 Å². The molecular formula is C13H15N5O2S. The molecule has 21 heavy (non-hydrogen) atoms. The number of nitrogens with zero attached hydrogens (tertiary/aromatic N) is 4. The van der Waals surface area contributed by atoms with Crippen LogP contribution >= 0.6 is 11.8 Å². The Morgan fingerprint density at radius 2 is 2.19 bits per heavy atom. The highest BCUT2D eigenvalue weighted by Crippen LogP contribution is 2.22. The number of benzene rings is 1. The number of rotatable bonds is 7. The molecule has 110 valence electrons. The van der Waals surface area contributed by atoms with Crippen LogP contribution in [0.4, 0.5) is 0 Å². The summed E-state index contributed by atoms with van der Waals surface area (Å²) < 4.78 is 1.61. The topological polar surface area (TPSA) is 92.9 Å². The molecule has 1 aromatic heterocycles. The molecule has 2 N–H and O–H groups in total. The normalized spacial score (nSPS) is 15.8. The van der Waals surface area contributed by atoms with Crippen LogP contribution in [0.2, 0.25) is 0 Å². The Labute approximate surface area is 125 Å². The fraction of sp³-hybridized carbons (Fsp3) is 0.385. The van der Waals surface area contributed by atoms with Gasteiger partial charge in [-0.15, -0.1) is 5.10 Å². The summed E-state index contributed by atoms with van der Waals surface area (Å²) in [5.74, 6) is -0.452. The van der Waals surface area contributed by atoms with Gasteiger partial charge in [0.15, 0.2) is 0 Å². The predicted molar refractivity (Wildman–Crippen MR) is 77.5 cm³/mol. The van der Waals surface area contributed by atoms with Crippen molar-refractivity contribution < 1.29 is 9.90 Å². The molecule has 0 radical (unpaired) electrons. The van der Waals surface area contributed by atoms with Gasteiger partial charge >= 0.3 is 5.97 Å². The second kappa shape index (κ2) is 6.23. The predicted octanol–water partition coefficient (Wildman–Crippen LogP) is 0.960. The average Bonchev–Trinajstić information content (AvgIpc) is 3.19. The van der Waals surface area contributed by atoms with Gasteiger partial charge in [0, 0.05) is 11.8 Å². The first-order valence-corrected chi connectivity index (χ1v) is 7.68. The molecule has 8 heteroatoms. The molecule has 0 amide bonds. The lowest BCUT2D eigenvalue weighted by Gasteiger charge is -2.13. The van der Waals surface area contributed by atoms with Gasteiger partial charge in [-0.1, -0.05) is 30.0 Å². The number of tetrazole rings is 1. The van der Waals surface area contributed by atoms with Gasteiger partial charge in [0.1, 0.15) is 6.04 Å². The lowest BCUT2D eigenvalue weighted by molar-refractivity contribution is -0.138. The number of aliphatic carboxylic acids is 1. The molecule has 0 bridgehead atoms. The number of nitrogens with one attached hydrogen (secondary N) is 1. The number of hydrogen-bond donors (Lipinski definition) is 2. The van der Waals surface area contributed by atoms with Crippen LogP contribution in [0.3, 0.4) is 0 Å². The number of para-hydroxylation sites is 1. The molecule has 0 aliphatic heterocycles. The highest BCUT2D eigenvalue weighted by molar-refractivity contribution is 7.99. The maximum absolute atomic E-state index is 11.2. The van der Waals surface area contributed by atoms with Crippen molar-refractivity contribution in [2.75, 3.05) is 5.75 Å². The molecule has 2 aromatic rings. The molecular weight excluding hydrogens is 290 g/mol. The van der Waals surface area contributed by atoms with Crippen LogP contribution in [0, 0.1) is 0 Å². The van der Waals surface area contributed by atoms with Gasteiger partial charge in [0.25, 0.3) is 0 Å². The van der Waals surface area contributed by atoms with Crippen molar-refractivity contribution in [2.24, 2.45) is 0 Å². The molecule has 7 nitrogen and oxygen atoms in total. The van der Waals surface area contributed by atoms with Crippen LogP contribution in [-0.2, 0) is 4.79 Å². The third-order valence-corrected chi connectivity index (χ3v) is 4.15. The van der Waals surface area contributed by atoms with E-state index < -0.39 is 12.0 Å². The first-order valence-electron chi connectivity index (χ1n) is 6.69. The third kappa shape index (κ3) is 3.59. The molecule has 1 aliphatic carbocycles. The summed E-state index contributed by atoms with van der Waals surface area (Å²) in [7, 11) is 0. The second-order valence-corrected chi connectivity index (χ2v) is 5.84. The van der Waals surface area contributed by atoms with Gasteiger partial charge in [-0.3, -0.25) is 4.79 Å². The molecule has 1 unspecified atom stereocenters. The zero-order valence-corrected chi connectivity index (χ0v) is 12.0. The highest BCUT2D eigenvalue weighted by atomic mass is 32.2. The smallest absolute Gasteiger partial charge is 0.321 e. The van der Waals surface area contributed by atoms with Crippen LogP contribution in [-0.4, -0.2) is 49.1 Å². The summed E-state index contributed by atoms with van der Waals surface area (Å²) in [6.07, 6.45) is 2.10. The lowest BCUT2D eigenvalue weighted by atomic mass is 10.3. The first kappa shape index (κ1) is 14.0. The SMILES string of the molecule is O=C(O)C(CSc1nnnn1-c1ccccc1)NC1CC1. The Hall–Kier alpha value is -1.93. The Bertz CT molecular complexity index is 614. The fourth-order valence-corrected chi connectivity index (χ4v) is 2.80. The van der Waals surface area contributed by atoms with Crippen molar-refractivity contribution in [1.82, 2.24) is 25.5 Å². The summed E-state index contributed by atoms with van der Waals surface area (Å²) in [6.45, 7) is 0. The van der Waals surface area contributed by atoms with Gasteiger partial charge in [0.05, 0.1) is 5.69 Å². The fourth-order valence-electron chi connectivity index (χ4n) is 1.88. The maximum Gasteiger partial charge on any atom is 0.321 e. The molecule has 1 fully saturated rings. The number of thioether (sulfide) groups is 1. The minimum atomic E-state index is -0.840. The van der Waals surface area contributed by atoms with E-state index in [1.807, 2.05) is 30.3 Å². The molecule has 1 aliphatic rings. The summed E-state index contributed by atoms with van der Waals surface area (Å²) in [6, 6.07) is 9.29. The van der Waals surface area contributed by atoms with Gasteiger partial charge < -0.3 is 10.4 Å². The van der Waals surface area contributed by atoms with E-state index in [0.717, 1.165) is 18.5 Å². The molecule has 1 atom stereocenters. The van der Waals surface area contributed by atoms with Gasteiger partial charge in [0.2, 0.25) is 5.16 Å². The second-order valence-electron chi connectivity index (χ2n) is 4.85. The zero-order chi connectivity index (χ0) is 14.7. The van der Waals surface area contributed by atoms with Crippen molar-refractivity contribution in [3.8, 4) is 5.69 Å². The summed E-state index contributed by atoms with van der Waals surface area (Å²) in [4.78, 5) is 11.2. The third-order valence-electron chi connectivity index (χ3n) is 3.13. The molecule has 1 aromatic carbocycles. The van der Waals surface area contributed by atoms with E-state index in [9.17, 15) is 9.90 Å². The number of carboxylic acid groups (broad SMARTS) is 1. The number of aromatic nitrogens is 4. The Morgan fingerprint density at radius 1 is 1.43 bits per heavy atom. The van der Waals surface area contributed by atoms with E-state index in [-0.39, 0.29) is 0 Å². The van der Waals surface area contributed by atoms with Gasteiger partial charge in [-0.25, -0.2) is 0 Å². The van der Waals surface area contributed by atoms with E-state index >= 15 is 0 Å². The van der Waals surface area contributed by atoms with Crippen molar-refractivity contribution in [3.05, 3.63) is 30.3 Å². The first-order chi connectivity index (χ1) is 10.2. The molecule has 1 saturated carbocycles. The minimum Gasteiger partial charge on any atom is -0.480 e. The number of hydrogen-bond acceptors (Lipinski definition) is 6. The van der Waals surface area contributed by atoms with Gasteiger partial charge in [-0.2, -0.15) is 4.68 Å². The van der Waals surface area contributed by atoms with E-state index in [1.54, 1.807) is 4.68 Å². The van der Waals surface area contributed by atoms with Crippen molar-refractivity contribution >= 4 is 17.7 Å². The van der Waals surface area contributed by atoms with Crippen LogP contribution in [0.1, 0.15) is 12.8 Å². The average molecular weight is 305 g/mol. The van der Waals surface area contributed by atoms with Crippen molar-refractivity contribution in [1.29, 1.82) is 0 Å². The Balaban J connectivity index is 1.67. The highest BCUT2D eigenvalue weighted by Gasteiger charge is 2.28. The molecule has 3 rings (SSSR count). The summed E-state index contributed by atoms with van der Waals surface area (Å²) in [5, 5.41) is 24.5. The largest absolute Gasteiger partial charge is 0.480 e. The summed E-state index contributed by atoms with van der Waals surface area (Å²) in [5.41, 5.74) is 0.854. The van der Waals surface area contributed by atoms with Crippen LogP contribution in [0.15, 0.2) is 35.5 Å². The van der Waals surface area contributed by atoms with Crippen LogP contribution < -0.4 is 5.32 Å². The zero-order valence-electron chi connectivity index (χ0n) is 11.2. The monoisotopic (exact) mass is 305 g/mol. The molecule has 0 spiro atoms. The maximum atomic E-state index is 11.2. The standard InChI is InChI=1S/C13H15N5O2S/c19-12(20)11(14-9-6-7-9)8-21-13-15-16-17-18(13)10-4-2-1-3-5-10/h1-5,9,11,14H,6-8H2,(H,19,20). The van der Waals surface area contributed by atoms with E-state index in [1.165, 1.54) is 11.8 Å². The Kier molecular flexibility index (Phi) is 4.16. The minimum absolute atomic E-state index is 0.344. The number of carbonyl (C=O) groups is 1.